The second-order valence-electron chi connectivity index (χ2n) is 5.04. The lowest BCUT2D eigenvalue weighted by Gasteiger charge is -2.27. The fourth-order valence-electron chi connectivity index (χ4n) is 2.56. The third-order valence-corrected chi connectivity index (χ3v) is 5.71. The zero-order chi connectivity index (χ0) is 13.5. The van der Waals surface area contributed by atoms with E-state index in [9.17, 15) is 12.8 Å². The summed E-state index contributed by atoms with van der Waals surface area (Å²) in [7, 11) is -3.69. The van der Waals surface area contributed by atoms with Gasteiger partial charge in [-0.15, -0.1) is 0 Å². The van der Waals surface area contributed by atoms with E-state index < -0.39 is 15.8 Å². The predicted octanol–water partition coefficient (Wildman–Crippen LogP) is 2.70. The standard InChI is InChI=1S/C14H16FNO2S/c15-13-3-1-2-4-14(13)19(17,18)16-9-7-12(8-10-16)11-5-6-11/h1-4H,5-10H2. The summed E-state index contributed by atoms with van der Waals surface area (Å²) in [6.07, 6.45) is 3.94. The number of benzene rings is 1. The van der Waals surface area contributed by atoms with Crippen LogP contribution >= 0.6 is 0 Å². The van der Waals surface area contributed by atoms with E-state index in [0.29, 0.717) is 13.1 Å². The van der Waals surface area contributed by atoms with Crippen LogP contribution in [-0.2, 0) is 10.0 Å². The van der Waals surface area contributed by atoms with E-state index >= 15 is 0 Å². The van der Waals surface area contributed by atoms with Gasteiger partial charge < -0.3 is 0 Å². The highest BCUT2D eigenvalue weighted by Crippen LogP contribution is 2.36. The Kier molecular flexibility index (Phi) is 3.19. The first kappa shape index (κ1) is 12.8. The first-order valence-electron chi connectivity index (χ1n) is 6.53. The molecule has 5 heteroatoms. The fraction of sp³-hybridized carbons (Fsp3) is 0.429. The Labute approximate surface area is 112 Å². The van der Waals surface area contributed by atoms with Gasteiger partial charge in [0.25, 0.3) is 0 Å². The minimum Gasteiger partial charge on any atom is -0.207 e. The molecule has 0 radical (unpaired) electrons. The summed E-state index contributed by atoms with van der Waals surface area (Å²) < 4.78 is 39.8. The predicted molar refractivity (Wildman–Crippen MR) is 70.7 cm³/mol. The molecule has 0 aromatic heterocycles. The third kappa shape index (κ3) is 2.44. The maximum Gasteiger partial charge on any atom is 0.246 e. The van der Waals surface area contributed by atoms with Crippen LogP contribution in [0.4, 0.5) is 4.39 Å². The van der Waals surface area contributed by atoms with Gasteiger partial charge in [0.1, 0.15) is 10.7 Å². The topological polar surface area (TPSA) is 37.4 Å². The van der Waals surface area contributed by atoms with Gasteiger partial charge in [0.2, 0.25) is 10.0 Å². The molecule has 1 aromatic carbocycles. The average molecular weight is 281 g/mol. The van der Waals surface area contributed by atoms with Gasteiger partial charge in [-0.25, -0.2) is 12.8 Å². The molecule has 1 aliphatic carbocycles. The highest BCUT2D eigenvalue weighted by Gasteiger charge is 2.31. The van der Waals surface area contributed by atoms with Crippen LogP contribution in [0.15, 0.2) is 40.3 Å². The minimum absolute atomic E-state index is 0.211. The molecule has 1 aromatic rings. The lowest BCUT2D eigenvalue weighted by Crippen LogP contribution is -2.36. The normalized spacial score (nSPS) is 20.7. The number of halogens is 1. The van der Waals surface area contributed by atoms with Gasteiger partial charge in [-0.05, 0) is 37.8 Å². The van der Waals surface area contributed by atoms with Crippen LogP contribution in [0, 0.1) is 5.82 Å². The Bertz CT molecular complexity index is 621. The van der Waals surface area contributed by atoms with Gasteiger partial charge in [-0.2, -0.15) is 4.31 Å². The first-order chi connectivity index (χ1) is 9.09. The van der Waals surface area contributed by atoms with Crippen molar-refractivity contribution in [2.45, 2.75) is 30.6 Å². The molecule has 102 valence electrons. The van der Waals surface area contributed by atoms with Crippen LogP contribution in [0.1, 0.15) is 25.7 Å². The lowest BCUT2D eigenvalue weighted by atomic mass is 10.1. The van der Waals surface area contributed by atoms with Crippen LogP contribution in [0.5, 0.6) is 0 Å². The minimum atomic E-state index is -3.69. The molecule has 0 unspecified atom stereocenters. The number of allylic oxidation sites excluding steroid dienone is 1. The molecule has 1 heterocycles. The number of nitrogens with zero attached hydrogens (tertiary/aromatic N) is 1. The van der Waals surface area contributed by atoms with E-state index in [1.54, 1.807) is 6.07 Å². The molecule has 1 saturated heterocycles. The lowest BCUT2D eigenvalue weighted by molar-refractivity contribution is 0.383. The zero-order valence-corrected chi connectivity index (χ0v) is 11.4. The maximum absolute atomic E-state index is 13.6. The van der Waals surface area contributed by atoms with Crippen molar-refractivity contribution in [1.82, 2.24) is 4.31 Å². The largest absolute Gasteiger partial charge is 0.246 e. The number of hydrogen-bond donors (Lipinski definition) is 0. The van der Waals surface area contributed by atoms with Gasteiger partial charge >= 0.3 is 0 Å². The van der Waals surface area contributed by atoms with Crippen molar-refractivity contribution in [3.63, 3.8) is 0 Å². The molecule has 0 bridgehead atoms. The molecule has 19 heavy (non-hydrogen) atoms. The molecule has 1 saturated carbocycles. The van der Waals surface area contributed by atoms with Gasteiger partial charge in [-0.3, -0.25) is 0 Å². The summed E-state index contributed by atoms with van der Waals surface area (Å²) in [5.74, 6) is -0.672. The molecular formula is C14H16FNO2S. The first-order valence-corrected chi connectivity index (χ1v) is 7.97. The zero-order valence-electron chi connectivity index (χ0n) is 10.6. The second kappa shape index (κ2) is 4.72. The number of rotatable bonds is 2. The Morgan fingerprint density at radius 1 is 0.947 bits per heavy atom. The van der Waals surface area contributed by atoms with E-state index in [1.807, 2.05) is 0 Å². The number of sulfonamides is 1. The Hall–Kier alpha value is -1.20. The van der Waals surface area contributed by atoms with E-state index in [0.717, 1.165) is 12.8 Å². The van der Waals surface area contributed by atoms with Crippen LogP contribution in [0.2, 0.25) is 0 Å². The van der Waals surface area contributed by atoms with E-state index in [4.69, 9.17) is 0 Å². The van der Waals surface area contributed by atoms with Crippen molar-refractivity contribution >= 4 is 10.0 Å². The smallest absolute Gasteiger partial charge is 0.207 e. The van der Waals surface area contributed by atoms with Gasteiger partial charge in [0.05, 0.1) is 0 Å². The van der Waals surface area contributed by atoms with Crippen molar-refractivity contribution in [3.8, 4) is 0 Å². The van der Waals surface area contributed by atoms with E-state index in [2.05, 4.69) is 0 Å². The number of hydrogen-bond acceptors (Lipinski definition) is 2. The summed E-state index contributed by atoms with van der Waals surface area (Å²) in [6, 6.07) is 5.58. The fourth-order valence-corrected chi connectivity index (χ4v) is 4.07. The molecular weight excluding hydrogens is 265 g/mol. The highest BCUT2D eigenvalue weighted by atomic mass is 32.2. The van der Waals surface area contributed by atoms with Crippen molar-refractivity contribution in [1.29, 1.82) is 0 Å². The Balaban J connectivity index is 1.82. The summed E-state index contributed by atoms with van der Waals surface area (Å²) in [5, 5.41) is 0. The van der Waals surface area contributed by atoms with Crippen LogP contribution < -0.4 is 0 Å². The molecule has 2 fully saturated rings. The molecule has 2 aliphatic rings. The third-order valence-electron chi connectivity index (χ3n) is 3.78. The molecule has 3 rings (SSSR count). The van der Waals surface area contributed by atoms with Gasteiger partial charge in [-0.1, -0.05) is 23.3 Å². The monoisotopic (exact) mass is 281 g/mol. The maximum atomic E-state index is 13.6. The Morgan fingerprint density at radius 3 is 2.11 bits per heavy atom. The SMILES string of the molecule is O=S(=O)(c1ccccc1F)N1CCC(=C2CC2)CC1. The summed E-state index contributed by atoms with van der Waals surface area (Å²) in [5.41, 5.74) is 2.92. The van der Waals surface area contributed by atoms with Gasteiger partial charge in [0.15, 0.2) is 0 Å². The van der Waals surface area contributed by atoms with E-state index in [-0.39, 0.29) is 4.90 Å². The Morgan fingerprint density at radius 2 is 1.53 bits per heavy atom. The average Bonchev–Trinajstić information content (AvgIpc) is 3.23. The molecule has 0 amide bonds. The van der Waals surface area contributed by atoms with Crippen LogP contribution in [-0.4, -0.2) is 25.8 Å². The molecule has 1 aliphatic heterocycles. The summed E-state index contributed by atoms with van der Waals surface area (Å²) >= 11 is 0. The van der Waals surface area contributed by atoms with Gasteiger partial charge in [0, 0.05) is 13.1 Å². The molecule has 0 spiro atoms. The highest BCUT2D eigenvalue weighted by molar-refractivity contribution is 7.89. The second-order valence-corrected chi connectivity index (χ2v) is 6.95. The summed E-state index contributed by atoms with van der Waals surface area (Å²) in [6.45, 7) is 0.936. The van der Waals surface area contributed by atoms with Crippen molar-refractivity contribution in [2.75, 3.05) is 13.1 Å². The van der Waals surface area contributed by atoms with E-state index in [1.165, 1.54) is 46.5 Å². The molecule has 3 nitrogen and oxygen atoms in total. The van der Waals surface area contributed by atoms with Crippen molar-refractivity contribution < 1.29 is 12.8 Å². The molecule has 0 atom stereocenters. The molecule has 0 N–H and O–H groups in total. The van der Waals surface area contributed by atoms with Crippen LogP contribution in [0.25, 0.3) is 0 Å². The van der Waals surface area contributed by atoms with Crippen molar-refractivity contribution in [2.24, 2.45) is 0 Å². The summed E-state index contributed by atoms with van der Waals surface area (Å²) in [4.78, 5) is -0.211. The number of piperidine rings is 1. The van der Waals surface area contributed by atoms with Crippen molar-refractivity contribution in [3.05, 3.63) is 41.2 Å². The van der Waals surface area contributed by atoms with Crippen LogP contribution in [0.3, 0.4) is 0 Å². The quantitative estimate of drug-likeness (QED) is 0.782.